The molecule has 6 nitrogen and oxygen atoms in total. The minimum atomic E-state index is -4.43. The van der Waals surface area contributed by atoms with E-state index in [1.54, 1.807) is 4.90 Å². The van der Waals surface area contributed by atoms with E-state index in [1.165, 1.54) is 6.20 Å². The highest BCUT2D eigenvalue weighted by Gasteiger charge is 2.37. The van der Waals surface area contributed by atoms with Gasteiger partial charge in [-0.3, -0.25) is 9.88 Å². The molecule has 2 unspecified atom stereocenters. The molecule has 0 spiro atoms. The van der Waals surface area contributed by atoms with Gasteiger partial charge in [0.25, 0.3) is 0 Å². The predicted molar refractivity (Wildman–Crippen MR) is 88.6 cm³/mol. The molecular formula is C17H24F3N3O3. The molecule has 2 saturated heterocycles. The molecule has 3 atom stereocenters. The van der Waals surface area contributed by atoms with Gasteiger partial charge >= 0.3 is 6.18 Å². The number of alkyl halides is 3. The van der Waals surface area contributed by atoms with Gasteiger partial charge in [0.05, 0.1) is 29.7 Å². The van der Waals surface area contributed by atoms with Crippen molar-refractivity contribution in [3.63, 3.8) is 0 Å². The topological polar surface area (TPSA) is 80.1 Å². The maximum atomic E-state index is 13.3. The minimum absolute atomic E-state index is 0.0961. The lowest BCUT2D eigenvalue weighted by molar-refractivity contribution is -0.137. The summed E-state index contributed by atoms with van der Waals surface area (Å²) in [5.74, 6) is 0.111. The number of aromatic nitrogens is 1. The average molecular weight is 375 g/mol. The van der Waals surface area contributed by atoms with Gasteiger partial charge in [0, 0.05) is 38.9 Å². The largest absolute Gasteiger partial charge is 0.418 e. The van der Waals surface area contributed by atoms with Crippen molar-refractivity contribution in [3.05, 3.63) is 24.0 Å². The first-order valence-electron chi connectivity index (χ1n) is 8.78. The van der Waals surface area contributed by atoms with E-state index in [0.717, 1.165) is 25.1 Å². The third-order valence-corrected chi connectivity index (χ3v) is 5.16. The molecule has 1 aromatic heterocycles. The molecule has 3 N–H and O–H groups in total. The molecule has 0 saturated carbocycles. The number of hydrogen-bond acceptors (Lipinski definition) is 6. The van der Waals surface area contributed by atoms with Gasteiger partial charge in [-0.1, -0.05) is 0 Å². The van der Waals surface area contributed by atoms with Crippen LogP contribution in [0.2, 0.25) is 0 Å². The van der Waals surface area contributed by atoms with Crippen LogP contribution in [0.4, 0.5) is 18.9 Å². The van der Waals surface area contributed by atoms with Crippen LogP contribution >= 0.6 is 0 Å². The fourth-order valence-corrected chi connectivity index (χ4v) is 3.90. The first-order valence-corrected chi connectivity index (χ1v) is 8.78. The molecule has 0 aromatic carbocycles. The molecule has 9 heteroatoms. The molecule has 2 fully saturated rings. The van der Waals surface area contributed by atoms with E-state index in [4.69, 9.17) is 0 Å². The van der Waals surface area contributed by atoms with Gasteiger partial charge in [-0.05, 0) is 24.8 Å². The second-order valence-electron chi connectivity index (χ2n) is 7.19. The Kier molecular flexibility index (Phi) is 5.71. The summed E-state index contributed by atoms with van der Waals surface area (Å²) in [7, 11) is 0. The number of nitrogens with zero attached hydrogens (tertiary/aromatic N) is 3. The molecule has 146 valence electrons. The molecule has 3 heterocycles. The van der Waals surface area contributed by atoms with Crippen molar-refractivity contribution < 1.29 is 28.5 Å². The second-order valence-corrected chi connectivity index (χ2v) is 7.19. The van der Waals surface area contributed by atoms with Crippen LogP contribution in [0.1, 0.15) is 18.4 Å². The van der Waals surface area contributed by atoms with Crippen molar-refractivity contribution in [1.82, 2.24) is 9.88 Å². The minimum Gasteiger partial charge on any atom is -0.389 e. The molecule has 2 aliphatic rings. The normalized spacial score (nSPS) is 31.2. The fraction of sp³-hybridized carbons (Fsp3) is 0.706. The molecule has 0 amide bonds. The Morgan fingerprint density at radius 2 is 1.81 bits per heavy atom. The number of aliphatic hydroxyl groups excluding tert-OH is 3. The van der Waals surface area contributed by atoms with Crippen molar-refractivity contribution in [1.29, 1.82) is 0 Å². The number of piperidine rings is 2. The van der Waals surface area contributed by atoms with Crippen molar-refractivity contribution in [3.8, 4) is 0 Å². The molecule has 0 radical (unpaired) electrons. The Hall–Kier alpha value is -1.42. The van der Waals surface area contributed by atoms with Crippen molar-refractivity contribution in [2.75, 3.05) is 37.6 Å². The Morgan fingerprint density at radius 3 is 2.46 bits per heavy atom. The fourth-order valence-electron chi connectivity index (χ4n) is 3.90. The highest BCUT2D eigenvalue weighted by molar-refractivity contribution is 5.53. The number of aliphatic hydroxyl groups is 3. The number of anilines is 1. The summed E-state index contributed by atoms with van der Waals surface area (Å²) >= 11 is 0. The van der Waals surface area contributed by atoms with E-state index in [2.05, 4.69) is 4.98 Å². The smallest absolute Gasteiger partial charge is 0.389 e. The van der Waals surface area contributed by atoms with Gasteiger partial charge in [0.1, 0.15) is 6.10 Å². The van der Waals surface area contributed by atoms with Crippen LogP contribution in [-0.4, -0.2) is 76.2 Å². The van der Waals surface area contributed by atoms with Crippen LogP contribution in [-0.2, 0) is 6.18 Å². The summed E-state index contributed by atoms with van der Waals surface area (Å²) in [5, 5.41) is 29.2. The Labute approximate surface area is 149 Å². The maximum Gasteiger partial charge on any atom is 0.418 e. The number of halogens is 3. The molecular weight excluding hydrogens is 351 g/mol. The highest BCUT2D eigenvalue weighted by Crippen LogP contribution is 2.37. The molecule has 2 aliphatic heterocycles. The van der Waals surface area contributed by atoms with E-state index in [1.807, 2.05) is 4.90 Å². The Balaban J connectivity index is 1.67. The zero-order chi connectivity index (χ0) is 18.9. The standard InChI is InChI=1S/C17H24F3N3O3/c18-17(19,20)12-3-4-21-6-13(12)23-5-1-2-11(8-23)7-22-9-14(24)16(26)15(25)10-22/h3-4,6,11,14-16,24-26H,1-2,5,7-10H2/t11-,14?,15?,16?/m1/s1. The summed E-state index contributed by atoms with van der Waals surface area (Å²) in [6.07, 6.45) is -3.59. The number of rotatable bonds is 3. The number of pyridine rings is 1. The predicted octanol–water partition coefficient (Wildman–Crippen LogP) is 0.715. The van der Waals surface area contributed by atoms with Crippen LogP contribution in [0.15, 0.2) is 18.5 Å². The van der Waals surface area contributed by atoms with Gasteiger partial charge in [0.15, 0.2) is 0 Å². The average Bonchev–Trinajstić information content (AvgIpc) is 2.59. The van der Waals surface area contributed by atoms with Crippen molar-refractivity contribution in [2.24, 2.45) is 5.92 Å². The second kappa shape index (κ2) is 7.67. The molecule has 1 aromatic rings. The van der Waals surface area contributed by atoms with Gasteiger partial charge < -0.3 is 20.2 Å². The lowest BCUT2D eigenvalue weighted by Gasteiger charge is -2.41. The lowest BCUT2D eigenvalue weighted by Crippen LogP contribution is -2.56. The van der Waals surface area contributed by atoms with Gasteiger partial charge in [-0.15, -0.1) is 0 Å². The summed E-state index contributed by atoms with van der Waals surface area (Å²) in [6.45, 7) is 2.04. The Morgan fingerprint density at radius 1 is 1.12 bits per heavy atom. The molecule has 26 heavy (non-hydrogen) atoms. The third kappa shape index (κ3) is 4.28. The van der Waals surface area contributed by atoms with Crippen LogP contribution in [0.3, 0.4) is 0 Å². The zero-order valence-electron chi connectivity index (χ0n) is 14.3. The molecule has 0 bridgehead atoms. The van der Waals surface area contributed by atoms with E-state index < -0.39 is 30.1 Å². The van der Waals surface area contributed by atoms with Gasteiger partial charge in [-0.25, -0.2) is 0 Å². The zero-order valence-corrected chi connectivity index (χ0v) is 14.3. The summed E-state index contributed by atoms with van der Waals surface area (Å²) in [4.78, 5) is 7.44. The van der Waals surface area contributed by atoms with E-state index in [0.29, 0.717) is 19.6 Å². The van der Waals surface area contributed by atoms with Crippen LogP contribution in [0.25, 0.3) is 0 Å². The van der Waals surface area contributed by atoms with E-state index in [9.17, 15) is 28.5 Å². The number of likely N-dealkylation sites (tertiary alicyclic amines) is 1. The lowest BCUT2D eigenvalue weighted by atomic mass is 9.94. The monoisotopic (exact) mass is 375 g/mol. The van der Waals surface area contributed by atoms with E-state index in [-0.39, 0.29) is 24.7 Å². The van der Waals surface area contributed by atoms with Crippen LogP contribution in [0.5, 0.6) is 0 Å². The Bertz CT molecular complexity index is 604. The third-order valence-electron chi connectivity index (χ3n) is 5.16. The van der Waals surface area contributed by atoms with Crippen molar-refractivity contribution in [2.45, 2.75) is 37.3 Å². The summed E-state index contributed by atoms with van der Waals surface area (Å²) in [5.41, 5.74) is -0.584. The first kappa shape index (κ1) is 19.3. The quantitative estimate of drug-likeness (QED) is 0.722. The van der Waals surface area contributed by atoms with E-state index >= 15 is 0 Å². The SMILES string of the molecule is OC1CN(C[C@H]2CCCN(c3cnccc3C(F)(F)F)C2)CC(O)C1O. The number of hydrogen-bond donors (Lipinski definition) is 3. The highest BCUT2D eigenvalue weighted by atomic mass is 19.4. The van der Waals surface area contributed by atoms with Gasteiger partial charge in [0.2, 0.25) is 0 Å². The summed E-state index contributed by atoms with van der Waals surface area (Å²) in [6, 6.07) is 0.998. The summed E-state index contributed by atoms with van der Waals surface area (Å²) < 4.78 is 39.8. The van der Waals surface area contributed by atoms with Crippen molar-refractivity contribution >= 4 is 5.69 Å². The molecule has 3 rings (SSSR count). The van der Waals surface area contributed by atoms with Gasteiger partial charge in [-0.2, -0.15) is 13.2 Å². The maximum absolute atomic E-state index is 13.3. The first-order chi connectivity index (χ1) is 12.3. The number of β-amino-alcohol motifs (C(OH)–C–C–N with tert-alkyl or cyclic N) is 2. The van der Waals surface area contributed by atoms with Crippen LogP contribution in [0, 0.1) is 5.92 Å². The van der Waals surface area contributed by atoms with Crippen LogP contribution < -0.4 is 4.90 Å². The molecule has 0 aliphatic carbocycles.